The fourth-order valence-corrected chi connectivity index (χ4v) is 2.13. The Morgan fingerprint density at radius 3 is 2.83 bits per heavy atom. The van der Waals surface area contributed by atoms with Crippen LogP contribution in [-0.2, 0) is 6.54 Å². The lowest BCUT2D eigenvalue weighted by molar-refractivity contribution is 0.606. The van der Waals surface area contributed by atoms with Gasteiger partial charge in [-0.2, -0.15) is 5.10 Å². The van der Waals surface area contributed by atoms with E-state index < -0.39 is 0 Å². The first-order chi connectivity index (χ1) is 8.67. The van der Waals surface area contributed by atoms with Gasteiger partial charge in [-0.05, 0) is 35.3 Å². The van der Waals surface area contributed by atoms with Gasteiger partial charge >= 0.3 is 0 Å². The zero-order chi connectivity index (χ0) is 13.1. The molecule has 0 saturated carbocycles. The van der Waals surface area contributed by atoms with Gasteiger partial charge in [0.15, 0.2) is 5.82 Å². The quantitative estimate of drug-likeness (QED) is 0.943. The standard InChI is InChI=1S/C12H16BrN5/c1-4-7-18-9(5-6-15-18)11-16-8(2)10(13)12(14-3)17-11/h5-6H,4,7H2,1-3H3,(H,14,16,17). The van der Waals surface area contributed by atoms with Crippen molar-refractivity contribution in [2.45, 2.75) is 26.8 Å². The van der Waals surface area contributed by atoms with Crippen LogP contribution >= 0.6 is 15.9 Å². The van der Waals surface area contributed by atoms with Crippen molar-refractivity contribution >= 4 is 21.7 Å². The summed E-state index contributed by atoms with van der Waals surface area (Å²) in [5, 5.41) is 7.36. The van der Waals surface area contributed by atoms with Crippen LogP contribution in [-0.4, -0.2) is 26.8 Å². The maximum Gasteiger partial charge on any atom is 0.180 e. The number of rotatable bonds is 4. The molecule has 0 radical (unpaired) electrons. The number of nitrogens with zero attached hydrogens (tertiary/aromatic N) is 4. The molecular weight excluding hydrogens is 294 g/mol. The summed E-state index contributed by atoms with van der Waals surface area (Å²) in [6.07, 6.45) is 2.81. The van der Waals surface area contributed by atoms with Crippen LogP contribution in [0.4, 0.5) is 5.82 Å². The van der Waals surface area contributed by atoms with Crippen molar-refractivity contribution in [1.82, 2.24) is 19.7 Å². The predicted octanol–water partition coefficient (Wildman–Crippen LogP) is 2.86. The number of hydrogen-bond donors (Lipinski definition) is 1. The molecule has 0 amide bonds. The molecule has 0 fully saturated rings. The van der Waals surface area contributed by atoms with Gasteiger partial charge in [0.05, 0.1) is 10.2 Å². The summed E-state index contributed by atoms with van der Waals surface area (Å²) in [5.41, 5.74) is 1.86. The molecule has 2 aromatic heterocycles. The second-order valence-electron chi connectivity index (χ2n) is 3.98. The highest BCUT2D eigenvalue weighted by Gasteiger charge is 2.13. The third-order valence-corrected chi connectivity index (χ3v) is 3.58. The van der Waals surface area contributed by atoms with Crippen molar-refractivity contribution in [3.8, 4) is 11.5 Å². The smallest absolute Gasteiger partial charge is 0.180 e. The van der Waals surface area contributed by atoms with Gasteiger partial charge in [-0.3, -0.25) is 4.68 Å². The lowest BCUT2D eigenvalue weighted by Crippen LogP contribution is -2.06. The van der Waals surface area contributed by atoms with Gasteiger partial charge in [0.25, 0.3) is 0 Å². The maximum absolute atomic E-state index is 4.51. The number of aryl methyl sites for hydroxylation is 2. The average molecular weight is 310 g/mol. The Kier molecular flexibility index (Phi) is 3.96. The fraction of sp³-hybridized carbons (Fsp3) is 0.417. The highest BCUT2D eigenvalue weighted by atomic mass is 79.9. The molecule has 2 aromatic rings. The Labute approximate surface area is 115 Å². The Balaban J connectivity index is 2.50. The molecule has 96 valence electrons. The number of anilines is 1. The second-order valence-corrected chi connectivity index (χ2v) is 4.78. The van der Waals surface area contributed by atoms with Gasteiger partial charge in [0, 0.05) is 19.8 Å². The molecule has 5 nitrogen and oxygen atoms in total. The summed E-state index contributed by atoms with van der Waals surface area (Å²) in [6.45, 7) is 4.95. The molecule has 0 atom stereocenters. The van der Waals surface area contributed by atoms with Gasteiger partial charge in [0.1, 0.15) is 11.5 Å². The SMILES string of the molecule is CCCn1nccc1-c1nc(C)c(Br)c(NC)n1. The number of halogens is 1. The highest BCUT2D eigenvalue weighted by molar-refractivity contribution is 9.10. The van der Waals surface area contributed by atoms with Gasteiger partial charge in [0.2, 0.25) is 0 Å². The first-order valence-electron chi connectivity index (χ1n) is 5.91. The molecule has 18 heavy (non-hydrogen) atoms. The third kappa shape index (κ3) is 2.38. The summed E-state index contributed by atoms with van der Waals surface area (Å²) < 4.78 is 2.83. The fourth-order valence-electron chi connectivity index (χ4n) is 1.75. The van der Waals surface area contributed by atoms with E-state index in [9.17, 15) is 0 Å². The van der Waals surface area contributed by atoms with E-state index in [2.05, 4.69) is 43.2 Å². The van der Waals surface area contributed by atoms with Crippen molar-refractivity contribution < 1.29 is 0 Å². The zero-order valence-corrected chi connectivity index (χ0v) is 12.3. The van der Waals surface area contributed by atoms with Crippen LogP contribution in [0.1, 0.15) is 19.0 Å². The molecule has 0 aliphatic carbocycles. The van der Waals surface area contributed by atoms with E-state index in [1.165, 1.54) is 0 Å². The van der Waals surface area contributed by atoms with E-state index in [-0.39, 0.29) is 0 Å². The summed E-state index contributed by atoms with van der Waals surface area (Å²) in [6, 6.07) is 1.94. The normalized spacial score (nSPS) is 10.7. The zero-order valence-electron chi connectivity index (χ0n) is 10.7. The Bertz CT molecular complexity index is 549. The molecule has 0 aromatic carbocycles. The average Bonchev–Trinajstić information content (AvgIpc) is 2.81. The first-order valence-corrected chi connectivity index (χ1v) is 6.70. The molecule has 0 bridgehead atoms. The van der Waals surface area contributed by atoms with E-state index in [4.69, 9.17) is 0 Å². The molecule has 1 N–H and O–H groups in total. The maximum atomic E-state index is 4.51. The van der Waals surface area contributed by atoms with Crippen molar-refractivity contribution in [2.75, 3.05) is 12.4 Å². The largest absolute Gasteiger partial charge is 0.372 e. The topological polar surface area (TPSA) is 55.6 Å². The van der Waals surface area contributed by atoms with Crippen LogP contribution in [0.15, 0.2) is 16.7 Å². The minimum atomic E-state index is 0.700. The highest BCUT2D eigenvalue weighted by Crippen LogP contribution is 2.26. The van der Waals surface area contributed by atoms with Crippen molar-refractivity contribution in [3.05, 3.63) is 22.4 Å². The summed E-state index contributed by atoms with van der Waals surface area (Å²) >= 11 is 3.48. The minimum Gasteiger partial charge on any atom is -0.372 e. The van der Waals surface area contributed by atoms with E-state index in [0.29, 0.717) is 5.82 Å². The molecular formula is C12H16BrN5. The molecule has 0 spiro atoms. The van der Waals surface area contributed by atoms with Crippen molar-refractivity contribution in [2.24, 2.45) is 0 Å². The summed E-state index contributed by atoms with van der Waals surface area (Å²) in [7, 11) is 1.85. The molecule has 0 saturated heterocycles. The van der Waals surface area contributed by atoms with E-state index in [0.717, 1.165) is 34.6 Å². The predicted molar refractivity (Wildman–Crippen MR) is 75.5 cm³/mol. The van der Waals surface area contributed by atoms with E-state index >= 15 is 0 Å². The number of nitrogens with one attached hydrogen (secondary N) is 1. The van der Waals surface area contributed by atoms with Gasteiger partial charge in [-0.15, -0.1) is 0 Å². The van der Waals surface area contributed by atoms with Crippen molar-refractivity contribution in [1.29, 1.82) is 0 Å². The van der Waals surface area contributed by atoms with Gasteiger partial charge < -0.3 is 5.32 Å². The monoisotopic (exact) mass is 309 g/mol. The Hall–Kier alpha value is -1.43. The molecule has 0 unspecified atom stereocenters. The molecule has 0 aliphatic heterocycles. The number of aromatic nitrogens is 4. The van der Waals surface area contributed by atoms with Crippen LogP contribution < -0.4 is 5.32 Å². The van der Waals surface area contributed by atoms with Crippen molar-refractivity contribution in [3.63, 3.8) is 0 Å². The Morgan fingerprint density at radius 1 is 1.39 bits per heavy atom. The molecule has 2 heterocycles. The lowest BCUT2D eigenvalue weighted by atomic mass is 10.3. The van der Waals surface area contributed by atoms with Crippen LogP contribution in [0.25, 0.3) is 11.5 Å². The summed E-state index contributed by atoms with van der Waals surface area (Å²) in [4.78, 5) is 9.01. The molecule has 0 aliphatic rings. The van der Waals surface area contributed by atoms with Crippen LogP contribution in [0.2, 0.25) is 0 Å². The molecule has 2 rings (SSSR count). The van der Waals surface area contributed by atoms with Crippen LogP contribution in [0.3, 0.4) is 0 Å². The molecule has 6 heteroatoms. The lowest BCUT2D eigenvalue weighted by Gasteiger charge is -2.09. The Morgan fingerprint density at radius 2 is 2.17 bits per heavy atom. The second kappa shape index (κ2) is 5.48. The van der Waals surface area contributed by atoms with Gasteiger partial charge in [-0.25, -0.2) is 9.97 Å². The first kappa shape index (κ1) is 13.0. The van der Waals surface area contributed by atoms with Gasteiger partial charge in [-0.1, -0.05) is 6.92 Å². The third-order valence-electron chi connectivity index (χ3n) is 2.63. The number of hydrogen-bond acceptors (Lipinski definition) is 4. The van der Waals surface area contributed by atoms with E-state index in [1.54, 1.807) is 6.20 Å². The minimum absolute atomic E-state index is 0.700. The van der Waals surface area contributed by atoms with Crippen LogP contribution in [0.5, 0.6) is 0 Å². The van der Waals surface area contributed by atoms with E-state index in [1.807, 2.05) is 24.7 Å². The van der Waals surface area contributed by atoms with Crippen LogP contribution in [0, 0.1) is 6.92 Å². The summed E-state index contributed by atoms with van der Waals surface area (Å²) in [5.74, 6) is 1.49.